The molecule has 1 aromatic heterocycles. The zero-order chi connectivity index (χ0) is 33.1. The first-order chi connectivity index (χ1) is 21.2. The van der Waals surface area contributed by atoms with Crippen molar-refractivity contribution in [2.24, 2.45) is 0 Å². The maximum Gasteiger partial charge on any atom is 0.432 e. The number of fused-ring (bicyclic) bond motifs is 1. The maximum absolute atomic E-state index is 13.9. The molecule has 0 saturated carbocycles. The Bertz CT molecular complexity index is 1660. The number of carboxylic acid groups (broad SMARTS) is 1. The molecule has 244 valence electrons. The fourth-order valence-electron chi connectivity index (χ4n) is 4.98. The lowest BCUT2D eigenvalue weighted by molar-refractivity contribution is 0.102. The molecular weight excluding hydrogens is 612 g/mol. The number of ether oxygens (including phenoxy) is 1. The molecule has 3 N–H and O–H groups in total. The van der Waals surface area contributed by atoms with Crippen LogP contribution in [-0.4, -0.2) is 105 Å². The van der Waals surface area contributed by atoms with Crippen molar-refractivity contribution in [2.45, 2.75) is 30.8 Å². The number of likely N-dealkylation sites (N-methyl/N-ethyl adjacent to an activating group) is 2. The molecule has 1 atom stereocenters. The Morgan fingerprint density at radius 1 is 1.11 bits per heavy atom. The van der Waals surface area contributed by atoms with E-state index in [2.05, 4.69) is 20.6 Å². The fraction of sp³-hybridized carbons (Fsp3) is 0.414. The van der Waals surface area contributed by atoms with Gasteiger partial charge < -0.3 is 30.3 Å². The predicted octanol–water partition coefficient (Wildman–Crippen LogP) is 3.13. The number of nitrogens with zero attached hydrogens (tertiary/aromatic N) is 5. The van der Waals surface area contributed by atoms with E-state index < -0.39 is 38.6 Å². The lowest BCUT2D eigenvalue weighted by atomic mass is 10.1. The number of aromatic nitrogens is 2. The molecule has 2 heterocycles. The first-order valence-corrected chi connectivity index (χ1v) is 15.5. The molecule has 0 bridgehead atoms. The SMILES string of the molecule is COC[C@@H](C)Nc1cc(N(C)CCN(C)C)ccc1C(=O)Nc1nn(C(=O)O)c2c1CN(S(=O)(=O)c1cc(F)cc(F)c1)CC2. The Morgan fingerprint density at radius 2 is 1.80 bits per heavy atom. The number of amides is 1. The van der Waals surface area contributed by atoms with Crippen LogP contribution in [0.3, 0.4) is 0 Å². The molecule has 3 aromatic rings. The smallest absolute Gasteiger partial charge is 0.432 e. The number of rotatable bonds is 12. The highest BCUT2D eigenvalue weighted by molar-refractivity contribution is 7.89. The van der Waals surface area contributed by atoms with Crippen LogP contribution in [0.5, 0.6) is 0 Å². The van der Waals surface area contributed by atoms with Crippen LogP contribution >= 0.6 is 0 Å². The van der Waals surface area contributed by atoms with Crippen molar-refractivity contribution in [2.75, 3.05) is 70.0 Å². The van der Waals surface area contributed by atoms with Gasteiger partial charge in [0, 0.05) is 75.8 Å². The van der Waals surface area contributed by atoms with Gasteiger partial charge in [0.1, 0.15) is 11.6 Å². The van der Waals surface area contributed by atoms with E-state index in [-0.39, 0.29) is 48.2 Å². The zero-order valence-electron chi connectivity index (χ0n) is 25.7. The van der Waals surface area contributed by atoms with Crippen molar-refractivity contribution >= 4 is 39.2 Å². The van der Waals surface area contributed by atoms with Crippen molar-refractivity contribution in [3.8, 4) is 0 Å². The number of methoxy groups -OCH3 is 1. The number of carbonyl (C=O) groups excluding carboxylic acids is 1. The third-order valence-electron chi connectivity index (χ3n) is 7.30. The Morgan fingerprint density at radius 3 is 2.42 bits per heavy atom. The Balaban J connectivity index is 1.67. The van der Waals surface area contributed by atoms with Crippen LogP contribution < -0.4 is 15.5 Å². The van der Waals surface area contributed by atoms with Crippen LogP contribution in [0.15, 0.2) is 41.3 Å². The summed E-state index contributed by atoms with van der Waals surface area (Å²) in [5.74, 6) is -2.88. The summed E-state index contributed by atoms with van der Waals surface area (Å²) in [4.78, 5) is 29.2. The average Bonchev–Trinajstić information content (AvgIpc) is 3.33. The summed E-state index contributed by atoms with van der Waals surface area (Å²) in [7, 11) is 3.06. The largest absolute Gasteiger partial charge is 0.463 e. The lowest BCUT2D eigenvalue weighted by Gasteiger charge is -2.27. The minimum Gasteiger partial charge on any atom is -0.463 e. The monoisotopic (exact) mass is 649 g/mol. The van der Waals surface area contributed by atoms with Gasteiger partial charge in [0.15, 0.2) is 5.82 Å². The standard InChI is InChI=1S/C29H37F2N7O6S/c1-18(17-44-5)32-25-15-21(36(4)11-10-35(2)3)6-7-23(25)28(39)33-27-24-16-37(9-8-26(24)38(34-27)29(40)41)45(42,43)22-13-19(30)12-20(31)14-22/h6-7,12-15,18,32H,8-11,16-17H2,1-5H3,(H,40,41)(H,33,34,39)/t18-/m1/s1. The number of sulfonamides is 1. The van der Waals surface area contributed by atoms with Crippen LogP contribution in [0.2, 0.25) is 0 Å². The van der Waals surface area contributed by atoms with Crippen molar-refractivity contribution in [1.82, 2.24) is 19.0 Å². The highest BCUT2D eigenvalue weighted by Gasteiger charge is 2.35. The van der Waals surface area contributed by atoms with Crippen LogP contribution in [0, 0.1) is 11.6 Å². The van der Waals surface area contributed by atoms with Crippen molar-refractivity contribution < 1.29 is 36.6 Å². The molecule has 1 amide bonds. The quantitative estimate of drug-likeness (QED) is 0.267. The first-order valence-electron chi connectivity index (χ1n) is 14.1. The van der Waals surface area contributed by atoms with E-state index in [1.54, 1.807) is 19.2 Å². The van der Waals surface area contributed by atoms with E-state index in [0.717, 1.165) is 23.1 Å². The first kappa shape index (κ1) is 33.8. The van der Waals surface area contributed by atoms with Crippen molar-refractivity contribution in [3.63, 3.8) is 0 Å². The molecule has 0 saturated heterocycles. The fourth-order valence-corrected chi connectivity index (χ4v) is 6.43. The number of anilines is 3. The average molecular weight is 650 g/mol. The van der Waals surface area contributed by atoms with Gasteiger partial charge in [-0.15, -0.1) is 5.10 Å². The number of hydrogen-bond donors (Lipinski definition) is 3. The second-order valence-corrected chi connectivity index (χ2v) is 13.0. The minimum absolute atomic E-state index is 0.0726. The summed E-state index contributed by atoms with van der Waals surface area (Å²) in [5, 5.41) is 19.8. The molecule has 2 aromatic carbocycles. The van der Waals surface area contributed by atoms with Gasteiger partial charge in [-0.3, -0.25) is 4.79 Å². The predicted molar refractivity (Wildman–Crippen MR) is 164 cm³/mol. The van der Waals surface area contributed by atoms with E-state index in [9.17, 15) is 31.9 Å². The molecule has 0 aliphatic carbocycles. The van der Waals surface area contributed by atoms with E-state index in [0.29, 0.717) is 35.2 Å². The maximum atomic E-state index is 13.9. The van der Waals surface area contributed by atoms with E-state index in [1.807, 2.05) is 39.0 Å². The number of carbonyl (C=O) groups is 2. The second-order valence-electron chi connectivity index (χ2n) is 11.1. The summed E-state index contributed by atoms with van der Waals surface area (Å²) in [6, 6.07) is 7.05. The third kappa shape index (κ3) is 7.76. The van der Waals surface area contributed by atoms with Gasteiger partial charge in [-0.25, -0.2) is 22.0 Å². The van der Waals surface area contributed by atoms with Crippen LogP contribution in [0.4, 0.5) is 30.8 Å². The molecule has 13 nitrogen and oxygen atoms in total. The summed E-state index contributed by atoms with van der Waals surface area (Å²) in [6.45, 7) is 3.22. The van der Waals surface area contributed by atoms with E-state index >= 15 is 0 Å². The molecule has 0 spiro atoms. The summed E-state index contributed by atoms with van der Waals surface area (Å²) in [5.41, 5.74) is 1.93. The molecule has 0 unspecified atom stereocenters. The summed E-state index contributed by atoms with van der Waals surface area (Å²) >= 11 is 0. The summed E-state index contributed by atoms with van der Waals surface area (Å²) < 4.78 is 61.2. The Kier molecular flexibility index (Phi) is 10.4. The topological polar surface area (TPSA) is 149 Å². The summed E-state index contributed by atoms with van der Waals surface area (Å²) in [6.07, 6.45) is -1.49. The Hall–Kier alpha value is -4.12. The van der Waals surface area contributed by atoms with Crippen molar-refractivity contribution in [3.05, 3.63) is 64.9 Å². The van der Waals surface area contributed by atoms with Gasteiger partial charge in [-0.05, 0) is 51.4 Å². The molecule has 0 radical (unpaired) electrons. The highest BCUT2D eigenvalue weighted by atomic mass is 32.2. The van der Waals surface area contributed by atoms with Gasteiger partial charge in [0.25, 0.3) is 5.91 Å². The molecular formula is C29H37F2N7O6S. The van der Waals surface area contributed by atoms with Crippen LogP contribution in [0.1, 0.15) is 28.5 Å². The molecule has 45 heavy (non-hydrogen) atoms. The van der Waals surface area contributed by atoms with Gasteiger partial charge in [-0.1, -0.05) is 0 Å². The molecule has 1 aliphatic heterocycles. The normalized spacial score (nSPS) is 14.2. The number of benzene rings is 2. The molecule has 1 aliphatic rings. The van der Waals surface area contributed by atoms with Gasteiger partial charge in [-0.2, -0.15) is 8.99 Å². The molecule has 4 rings (SSSR count). The van der Waals surface area contributed by atoms with Crippen LogP contribution in [-0.2, 0) is 27.7 Å². The van der Waals surface area contributed by atoms with E-state index in [4.69, 9.17) is 4.74 Å². The number of halogens is 2. The lowest BCUT2D eigenvalue weighted by Crippen LogP contribution is -2.37. The second kappa shape index (κ2) is 13.9. The number of nitrogens with one attached hydrogen (secondary N) is 2. The van der Waals surface area contributed by atoms with Crippen molar-refractivity contribution in [1.29, 1.82) is 0 Å². The van der Waals surface area contributed by atoms with Gasteiger partial charge in [0.05, 0.1) is 22.8 Å². The highest BCUT2D eigenvalue weighted by Crippen LogP contribution is 2.32. The number of hydrogen-bond acceptors (Lipinski definition) is 9. The minimum atomic E-state index is -4.38. The molecule has 0 fully saturated rings. The van der Waals surface area contributed by atoms with Crippen LogP contribution in [0.25, 0.3) is 0 Å². The van der Waals surface area contributed by atoms with Gasteiger partial charge in [0.2, 0.25) is 10.0 Å². The zero-order valence-corrected chi connectivity index (χ0v) is 26.5. The van der Waals surface area contributed by atoms with E-state index in [1.165, 1.54) is 0 Å². The Labute approximate surface area is 260 Å². The third-order valence-corrected chi connectivity index (χ3v) is 9.12. The van der Waals surface area contributed by atoms with Gasteiger partial charge >= 0.3 is 6.09 Å². The molecule has 16 heteroatoms.